The summed E-state index contributed by atoms with van der Waals surface area (Å²) in [7, 11) is 0. The maximum Gasteiger partial charge on any atom is 0.123 e. The lowest BCUT2D eigenvalue weighted by Crippen LogP contribution is -2.05. The van der Waals surface area contributed by atoms with E-state index in [4.69, 9.17) is 16.3 Å². The van der Waals surface area contributed by atoms with Gasteiger partial charge in [0, 0.05) is 6.42 Å². The normalized spacial score (nSPS) is 20.9. The molecule has 15 heavy (non-hydrogen) atoms. The average molecular weight is 225 g/mol. The van der Waals surface area contributed by atoms with E-state index >= 15 is 0 Å². The molecule has 0 fully saturated rings. The van der Waals surface area contributed by atoms with Crippen molar-refractivity contribution in [2.75, 3.05) is 0 Å². The summed E-state index contributed by atoms with van der Waals surface area (Å²) in [5.41, 5.74) is 2.54. The summed E-state index contributed by atoms with van der Waals surface area (Å²) in [4.78, 5) is 0. The van der Waals surface area contributed by atoms with Crippen molar-refractivity contribution in [2.24, 2.45) is 0 Å². The first-order chi connectivity index (χ1) is 7.20. The SMILES string of the molecule is CCCC(Cl)c1ccc2c(c1)CC(C)O2. The van der Waals surface area contributed by atoms with E-state index in [1.165, 1.54) is 11.1 Å². The fraction of sp³-hybridized carbons (Fsp3) is 0.538. The Balaban J connectivity index is 2.19. The summed E-state index contributed by atoms with van der Waals surface area (Å²) >= 11 is 6.30. The molecule has 2 atom stereocenters. The van der Waals surface area contributed by atoms with Gasteiger partial charge in [0.25, 0.3) is 0 Å². The van der Waals surface area contributed by atoms with Crippen LogP contribution in [0.25, 0.3) is 0 Å². The molecule has 1 heterocycles. The van der Waals surface area contributed by atoms with E-state index in [1.807, 2.05) is 0 Å². The Morgan fingerprint density at radius 2 is 2.33 bits per heavy atom. The van der Waals surface area contributed by atoms with Crippen molar-refractivity contribution >= 4 is 11.6 Å². The number of alkyl halides is 1. The van der Waals surface area contributed by atoms with Crippen molar-refractivity contribution < 1.29 is 4.74 Å². The van der Waals surface area contributed by atoms with E-state index in [-0.39, 0.29) is 5.38 Å². The van der Waals surface area contributed by atoms with Gasteiger partial charge in [-0.15, -0.1) is 11.6 Å². The molecule has 2 rings (SSSR count). The predicted octanol–water partition coefficient (Wildman–Crippen LogP) is 4.09. The van der Waals surface area contributed by atoms with Gasteiger partial charge in [0.2, 0.25) is 0 Å². The molecule has 1 nitrogen and oxygen atoms in total. The highest BCUT2D eigenvalue weighted by Gasteiger charge is 2.20. The Bertz CT molecular complexity index is 348. The van der Waals surface area contributed by atoms with E-state index in [1.54, 1.807) is 0 Å². The second-order valence-corrected chi connectivity index (χ2v) is 4.78. The van der Waals surface area contributed by atoms with Crippen molar-refractivity contribution in [2.45, 2.75) is 44.6 Å². The lowest BCUT2D eigenvalue weighted by atomic mass is 10.0. The largest absolute Gasteiger partial charge is 0.490 e. The highest BCUT2D eigenvalue weighted by Crippen LogP contribution is 2.34. The number of hydrogen-bond acceptors (Lipinski definition) is 1. The highest BCUT2D eigenvalue weighted by molar-refractivity contribution is 6.20. The van der Waals surface area contributed by atoms with Gasteiger partial charge in [-0.2, -0.15) is 0 Å². The summed E-state index contributed by atoms with van der Waals surface area (Å²) in [6.45, 7) is 4.26. The Labute approximate surface area is 96.4 Å². The van der Waals surface area contributed by atoms with Gasteiger partial charge in [0.05, 0.1) is 5.38 Å². The first kappa shape index (κ1) is 10.8. The molecular weight excluding hydrogens is 208 g/mol. The molecule has 1 aromatic carbocycles. The molecule has 1 aliphatic heterocycles. The first-order valence-electron chi connectivity index (χ1n) is 5.64. The third-order valence-corrected chi connectivity index (χ3v) is 3.29. The molecule has 0 amide bonds. The van der Waals surface area contributed by atoms with Crippen molar-refractivity contribution in [3.8, 4) is 5.75 Å². The molecule has 0 saturated carbocycles. The standard InChI is InChI=1S/C13H17ClO/c1-3-4-12(14)10-5-6-13-11(8-10)7-9(2)15-13/h5-6,8-9,12H,3-4,7H2,1-2H3. The van der Waals surface area contributed by atoms with Crippen LogP contribution in [-0.2, 0) is 6.42 Å². The molecule has 0 spiro atoms. The average Bonchev–Trinajstić information content (AvgIpc) is 2.57. The van der Waals surface area contributed by atoms with E-state index < -0.39 is 0 Å². The lowest BCUT2D eigenvalue weighted by Gasteiger charge is -2.09. The number of ether oxygens (including phenoxy) is 1. The summed E-state index contributed by atoms with van der Waals surface area (Å²) in [5.74, 6) is 1.03. The Morgan fingerprint density at radius 3 is 3.07 bits per heavy atom. The Hall–Kier alpha value is -0.690. The van der Waals surface area contributed by atoms with Crippen LogP contribution in [0.1, 0.15) is 43.2 Å². The zero-order chi connectivity index (χ0) is 10.8. The third-order valence-electron chi connectivity index (χ3n) is 2.82. The minimum atomic E-state index is 0.149. The van der Waals surface area contributed by atoms with E-state index in [0.29, 0.717) is 6.10 Å². The minimum Gasteiger partial charge on any atom is -0.490 e. The number of rotatable bonds is 3. The van der Waals surface area contributed by atoms with E-state index in [0.717, 1.165) is 25.0 Å². The van der Waals surface area contributed by atoms with Crippen molar-refractivity contribution in [3.05, 3.63) is 29.3 Å². The van der Waals surface area contributed by atoms with Crippen LogP contribution in [0.4, 0.5) is 0 Å². The van der Waals surface area contributed by atoms with Gasteiger partial charge < -0.3 is 4.74 Å². The maximum atomic E-state index is 6.30. The van der Waals surface area contributed by atoms with Crippen LogP contribution in [-0.4, -0.2) is 6.10 Å². The first-order valence-corrected chi connectivity index (χ1v) is 6.08. The van der Waals surface area contributed by atoms with Gasteiger partial charge in [-0.3, -0.25) is 0 Å². The minimum absolute atomic E-state index is 0.149. The summed E-state index contributed by atoms with van der Waals surface area (Å²) in [6, 6.07) is 6.34. The van der Waals surface area contributed by atoms with Crippen molar-refractivity contribution in [1.82, 2.24) is 0 Å². The fourth-order valence-corrected chi connectivity index (χ4v) is 2.41. The van der Waals surface area contributed by atoms with Gasteiger partial charge in [-0.1, -0.05) is 25.5 Å². The molecule has 0 N–H and O–H groups in total. The van der Waals surface area contributed by atoms with Crippen molar-refractivity contribution in [3.63, 3.8) is 0 Å². The van der Waals surface area contributed by atoms with Crippen LogP contribution < -0.4 is 4.74 Å². The summed E-state index contributed by atoms with van der Waals surface area (Å²) in [5, 5.41) is 0.149. The molecule has 2 unspecified atom stereocenters. The van der Waals surface area contributed by atoms with Gasteiger partial charge >= 0.3 is 0 Å². The molecular formula is C13H17ClO. The smallest absolute Gasteiger partial charge is 0.123 e. The fourth-order valence-electron chi connectivity index (χ4n) is 2.06. The van der Waals surface area contributed by atoms with Gasteiger partial charge in [-0.25, -0.2) is 0 Å². The number of halogens is 1. The molecule has 0 radical (unpaired) electrons. The van der Waals surface area contributed by atoms with Gasteiger partial charge in [0.15, 0.2) is 0 Å². The summed E-state index contributed by atoms with van der Waals surface area (Å²) < 4.78 is 5.66. The van der Waals surface area contributed by atoms with Crippen LogP contribution in [0.5, 0.6) is 5.75 Å². The molecule has 0 aromatic heterocycles. The monoisotopic (exact) mass is 224 g/mol. The zero-order valence-electron chi connectivity index (χ0n) is 9.29. The molecule has 1 aliphatic rings. The van der Waals surface area contributed by atoms with Gasteiger partial charge in [-0.05, 0) is 30.5 Å². The second-order valence-electron chi connectivity index (χ2n) is 4.26. The van der Waals surface area contributed by atoms with E-state index in [2.05, 4.69) is 32.0 Å². The highest BCUT2D eigenvalue weighted by atomic mass is 35.5. The van der Waals surface area contributed by atoms with Crippen LogP contribution >= 0.6 is 11.6 Å². The molecule has 82 valence electrons. The topological polar surface area (TPSA) is 9.23 Å². The van der Waals surface area contributed by atoms with Gasteiger partial charge in [0.1, 0.15) is 11.9 Å². The summed E-state index contributed by atoms with van der Waals surface area (Å²) in [6.07, 6.45) is 3.49. The number of fused-ring (bicyclic) bond motifs is 1. The quantitative estimate of drug-likeness (QED) is 0.703. The van der Waals surface area contributed by atoms with E-state index in [9.17, 15) is 0 Å². The Morgan fingerprint density at radius 1 is 1.53 bits per heavy atom. The molecule has 0 saturated heterocycles. The zero-order valence-corrected chi connectivity index (χ0v) is 10.1. The molecule has 2 heteroatoms. The Kier molecular flexibility index (Phi) is 3.20. The van der Waals surface area contributed by atoms with Crippen LogP contribution in [0.3, 0.4) is 0 Å². The molecule has 1 aromatic rings. The van der Waals surface area contributed by atoms with Crippen LogP contribution in [0, 0.1) is 0 Å². The third kappa shape index (κ3) is 2.28. The second kappa shape index (κ2) is 4.44. The predicted molar refractivity (Wildman–Crippen MR) is 63.7 cm³/mol. The number of benzene rings is 1. The molecule has 0 bridgehead atoms. The van der Waals surface area contributed by atoms with Crippen LogP contribution in [0.2, 0.25) is 0 Å². The van der Waals surface area contributed by atoms with Crippen LogP contribution in [0.15, 0.2) is 18.2 Å². The maximum absolute atomic E-state index is 6.30. The molecule has 0 aliphatic carbocycles. The number of hydrogen-bond donors (Lipinski definition) is 0. The lowest BCUT2D eigenvalue weighted by molar-refractivity contribution is 0.254. The van der Waals surface area contributed by atoms with Crippen molar-refractivity contribution in [1.29, 1.82) is 0 Å².